The summed E-state index contributed by atoms with van der Waals surface area (Å²) in [5.41, 5.74) is 3.00. The highest BCUT2D eigenvalue weighted by Gasteiger charge is 2.26. The number of nitrogens with one attached hydrogen (secondary N) is 1. The van der Waals surface area contributed by atoms with Crippen LogP contribution in [0.25, 0.3) is 22.3 Å². The molecule has 12 heteroatoms. The Labute approximate surface area is 198 Å². The number of halogens is 2. The summed E-state index contributed by atoms with van der Waals surface area (Å²) in [6.07, 6.45) is 10.3. The van der Waals surface area contributed by atoms with Crippen molar-refractivity contribution in [2.75, 3.05) is 5.32 Å². The van der Waals surface area contributed by atoms with E-state index in [1.165, 1.54) is 18.6 Å². The lowest BCUT2D eigenvalue weighted by Gasteiger charge is -2.31. The Morgan fingerprint density at radius 3 is 2.74 bits per heavy atom. The maximum atomic E-state index is 12.7. The number of hydrogen-bond acceptors (Lipinski definition) is 8. The molecule has 0 aromatic carbocycles. The number of imidazole rings is 1. The Morgan fingerprint density at radius 1 is 1.09 bits per heavy atom. The van der Waals surface area contributed by atoms with Crippen molar-refractivity contribution in [3.63, 3.8) is 0 Å². The number of rotatable bonds is 6. The standard InChI is InChI=1S/C23H20F2N10/c24-20(25)12-34-11-16(9-31-34)21-14(5-26)8-29-23(33-21)32-17-2-1-3-18(4-17)35-13-30-19-10-28-7-15(6-27)22(19)35/h7-11,13,17-18,20H,1-4,12H2,(H,29,32,33)/t17-,18+/m1/s1. The molecule has 4 heterocycles. The van der Waals surface area contributed by atoms with Gasteiger partial charge in [-0.25, -0.2) is 23.7 Å². The van der Waals surface area contributed by atoms with Crippen LogP contribution in [-0.2, 0) is 6.54 Å². The Hall–Kier alpha value is -4.45. The summed E-state index contributed by atoms with van der Waals surface area (Å²) in [6.45, 7) is -0.534. The molecule has 1 aliphatic carbocycles. The third-order valence-corrected chi connectivity index (χ3v) is 6.11. The van der Waals surface area contributed by atoms with Crippen molar-refractivity contribution in [2.45, 2.75) is 50.7 Å². The molecule has 1 aliphatic rings. The number of pyridine rings is 1. The van der Waals surface area contributed by atoms with Gasteiger partial charge in [0.15, 0.2) is 0 Å². The first-order valence-corrected chi connectivity index (χ1v) is 11.1. The molecule has 0 radical (unpaired) electrons. The maximum Gasteiger partial charge on any atom is 0.257 e. The van der Waals surface area contributed by atoms with E-state index in [4.69, 9.17) is 0 Å². The molecule has 5 rings (SSSR count). The summed E-state index contributed by atoms with van der Waals surface area (Å²) in [5.74, 6) is 0.351. The van der Waals surface area contributed by atoms with Crippen LogP contribution in [-0.4, -0.2) is 46.8 Å². The van der Waals surface area contributed by atoms with Crippen LogP contribution in [0.5, 0.6) is 0 Å². The zero-order chi connectivity index (χ0) is 24.4. The zero-order valence-corrected chi connectivity index (χ0v) is 18.5. The van der Waals surface area contributed by atoms with Gasteiger partial charge in [-0.15, -0.1) is 0 Å². The molecule has 4 aromatic rings. The minimum Gasteiger partial charge on any atom is -0.351 e. The first kappa shape index (κ1) is 22.3. The number of anilines is 1. The van der Waals surface area contributed by atoms with E-state index < -0.39 is 13.0 Å². The molecule has 35 heavy (non-hydrogen) atoms. The summed E-state index contributed by atoms with van der Waals surface area (Å²) in [4.78, 5) is 17.3. The minimum atomic E-state index is -2.53. The van der Waals surface area contributed by atoms with E-state index in [1.54, 1.807) is 18.7 Å². The molecule has 2 atom stereocenters. The van der Waals surface area contributed by atoms with Gasteiger partial charge < -0.3 is 9.88 Å². The van der Waals surface area contributed by atoms with Crippen molar-refractivity contribution >= 4 is 17.0 Å². The number of hydrogen-bond donors (Lipinski definition) is 1. The van der Waals surface area contributed by atoms with Gasteiger partial charge in [-0.1, -0.05) is 0 Å². The molecule has 0 aliphatic heterocycles. The van der Waals surface area contributed by atoms with Crippen LogP contribution in [0.1, 0.15) is 42.9 Å². The molecule has 1 saturated carbocycles. The molecule has 176 valence electrons. The van der Waals surface area contributed by atoms with Crippen LogP contribution < -0.4 is 5.32 Å². The second kappa shape index (κ2) is 9.43. The second-order valence-electron chi connectivity index (χ2n) is 8.39. The zero-order valence-electron chi connectivity index (χ0n) is 18.5. The SMILES string of the molecule is N#Cc1cnc(N[C@@H]2CCC[C@H](n3cnc4cncc(C#N)c43)C2)nc1-c1cnn(CC(F)F)c1. The number of alkyl halides is 2. The van der Waals surface area contributed by atoms with Crippen molar-refractivity contribution in [2.24, 2.45) is 0 Å². The average molecular weight is 474 g/mol. The molecule has 0 bridgehead atoms. The van der Waals surface area contributed by atoms with Crippen LogP contribution in [0.3, 0.4) is 0 Å². The van der Waals surface area contributed by atoms with Gasteiger partial charge in [0.1, 0.15) is 24.2 Å². The van der Waals surface area contributed by atoms with Crippen LogP contribution in [0, 0.1) is 22.7 Å². The van der Waals surface area contributed by atoms with E-state index in [-0.39, 0.29) is 17.6 Å². The van der Waals surface area contributed by atoms with Crippen molar-refractivity contribution in [3.05, 3.63) is 48.4 Å². The first-order chi connectivity index (χ1) is 17.1. The Morgan fingerprint density at radius 2 is 1.94 bits per heavy atom. The predicted octanol–water partition coefficient (Wildman–Crippen LogP) is 3.69. The molecule has 1 fully saturated rings. The van der Waals surface area contributed by atoms with Crippen molar-refractivity contribution < 1.29 is 8.78 Å². The maximum absolute atomic E-state index is 12.7. The van der Waals surface area contributed by atoms with Gasteiger partial charge in [-0.2, -0.15) is 15.6 Å². The molecule has 0 unspecified atom stereocenters. The molecule has 4 aromatic heterocycles. The Balaban J connectivity index is 1.37. The molecule has 0 spiro atoms. The molecule has 10 nitrogen and oxygen atoms in total. The fourth-order valence-corrected chi connectivity index (χ4v) is 4.56. The summed E-state index contributed by atoms with van der Waals surface area (Å²) in [5, 5.41) is 26.3. The number of nitrogens with zero attached hydrogens (tertiary/aromatic N) is 9. The van der Waals surface area contributed by atoms with Gasteiger partial charge in [0, 0.05) is 30.0 Å². The van der Waals surface area contributed by atoms with E-state index in [9.17, 15) is 19.3 Å². The van der Waals surface area contributed by atoms with Gasteiger partial charge >= 0.3 is 0 Å². The highest BCUT2D eigenvalue weighted by Crippen LogP contribution is 2.33. The lowest BCUT2D eigenvalue weighted by molar-refractivity contribution is 0.122. The van der Waals surface area contributed by atoms with Gasteiger partial charge in [-0.3, -0.25) is 9.67 Å². The third kappa shape index (κ3) is 4.51. The summed E-state index contributed by atoms with van der Waals surface area (Å²) in [7, 11) is 0. The van der Waals surface area contributed by atoms with Crippen LogP contribution in [0.2, 0.25) is 0 Å². The Kier molecular flexibility index (Phi) is 6.02. The minimum absolute atomic E-state index is 0.0564. The average Bonchev–Trinajstić information content (AvgIpc) is 3.51. The fourth-order valence-electron chi connectivity index (χ4n) is 4.56. The fraction of sp³-hybridized carbons (Fsp3) is 0.348. The number of fused-ring (bicyclic) bond motifs is 1. The van der Waals surface area contributed by atoms with E-state index in [0.717, 1.165) is 35.9 Å². The monoisotopic (exact) mass is 474 g/mol. The summed E-state index contributed by atoms with van der Waals surface area (Å²) < 4.78 is 28.6. The second-order valence-corrected chi connectivity index (χ2v) is 8.39. The van der Waals surface area contributed by atoms with Gasteiger partial charge in [0.25, 0.3) is 6.43 Å². The van der Waals surface area contributed by atoms with Crippen LogP contribution in [0.4, 0.5) is 14.7 Å². The highest BCUT2D eigenvalue weighted by atomic mass is 19.3. The number of nitriles is 2. The van der Waals surface area contributed by atoms with E-state index in [2.05, 4.69) is 36.4 Å². The van der Waals surface area contributed by atoms with E-state index in [1.807, 2.05) is 10.6 Å². The van der Waals surface area contributed by atoms with E-state index >= 15 is 0 Å². The molecule has 0 amide bonds. The quantitative estimate of drug-likeness (QED) is 0.447. The van der Waals surface area contributed by atoms with Crippen molar-refractivity contribution in [1.82, 2.24) is 34.3 Å². The van der Waals surface area contributed by atoms with E-state index in [0.29, 0.717) is 28.3 Å². The van der Waals surface area contributed by atoms with Crippen molar-refractivity contribution in [1.29, 1.82) is 10.5 Å². The van der Waals surface area contributed by atoms with Crippen molar-refractivity contribution in [3.8, 4) is 23.4 Å². The Bertz CT molecular complexity index is 1440. The molecule has 1 N–H and O–H groups in total. The normalized spacial score (nSPS) is 17.9. The van der Waals surface area contributed by atoms with Crippen LogP contribution in [0.15, 0.2) is 37.3 Å². The first-order valence-electron chi connectivity index (χ1n) is 11.1. The lowest BCUT2D eigenvalue weighted by Crippen LogP contribution is -2.29. The lowest BCUT2D eigenvalue weighted by atomic mass is 9.90. The molecular formula is C23H20F2N10. The topological polar surface area (TPSA) is 134 Å². The third-order valence-electron chi connectivity index (χ3n) is 6.11. The largest absolute Gasteiger partial charge is 0.351 e. The predicted molar refractivity (Wildman–Crippen MR) is 121 cm³/mol. The molecule has 0 saturated heterocycles. The number of aromatic nitrogens is 7. The van der Waals surface area contributed by atoms with Crippen LogP contribution >= 0.6 is 0 Å². The smallest absolute Gasteiger partial charge is 0.257 e. The molecular weight excluding hydrogens is 454 g/mol. The summed E-state index contributed by atoms with van der Waals surface area (Å²) >= 11 is 0. The van der Waals surface area contributed by atoms with Gasteiger partial charge in [0.2, 0.25) is 5.95 Å². The highest BCUT2D eigenvalue weighted by molar-refractivity contribution is 5.80. The van der Waals surface area contributed by atoms with Gasteiger partial charge in [-0.05, 0) is 25.7 Å². The summed E-state index contributed by atoms with van der Waals surface area (Å²) in [6, 6.07) is 4.43. The van der Waals surface area contributed by atoms with Gasteiger partial charge in [0.05, 0.1) is 47.3 Å².